The fourth-order valence-electron chi connectivity index (χ4n) is 7.02. The van der Waals surface area contributed by atoms with E-state index in [1.807, 2.05) is 25.1 Å². The normalized spacial score (nSPS) is 21.6. The number of carbonyl (C=O) groups is 2. The summed E-state index contributed by atoms with van der Waals surface area (Å²) in [4.78, 5) is 46.4. The second-order valence-corrected chi connectivity index (χ2v) is 12.7. The first-order chi connectivity index (χ1) is 21.7. The summed E-state index contributed by atoms with van der Waals surface area (Å²) >= 11 is 13.4. The standard InChI is InChI=1S/C35H35Cl2N3O5/c1-35(28-18-25(36)10-13-30(28)40(34(35)43)20-23-8-11-26(44-2)19-31(23)45-3)27-17-22(9-12-29(27)37)33(42)39-16-6-7-24(21-41)32(39)38-14-4-5-15-38/h8-13,17-19,32H,4-7,14-16,20H2,1-3H3/t32-,35?/m1/s1. The Hall–Kier alpha value is -3.81. The number of nitrogens with zero attached hydrogens (tertiary/aromatic N) is 3. The topological polar surface area (TPSA) is 79.4 Å². The first-order valence-corrected chi connectivity index (χ1v) is 15.9. The van der Waals surface area contributed by atoms with Crippen LogP contribution >= 0.6 is 23.2 Å². The number of hydrogen-bond acceptors (Lipinski definition) is 6. The summed E-state index contributed by atoms with van der Waals surface area (Å²) < 4.78 is 11.0. The van der Waals surface area contributed by atoms with Crippen LogP contribution < -0.4 is 14.4 Å². The molecule has 1 unspecified atom stereocenters. The lowest BCUT2D eigenvalue weighted by Gasteiger charge is -2.41. The summed E-state index contributed by atoms with van der Waals surface area (Å²) in [7, 11) is 3.16. The van der Waals surface area contributed by atoms with E-state index >= 15 is 0 Å². The predicted octanol–water partition coefficient (Wildman–Crippen LogP) is 6.28. The van der Waals surface area contributed by atoms with Crippen molar-refractivity contribution < 1.29 is 23.9 Å². The van der Waals surface area contributed by atoms with Crippen molar-refractivity contribution in [3.05, 3.63) is 92.5 Å². The van der Waals surface area contributed by atoms with Gasteiger partial charge in [0.2, 0.25) is 5.91 Å². The molecule has 3 heterocycles. The minimum Gasteiger partial charge on any atom is -0.497 e. The highest BCUT2D eigenvalue weighted by molar-refractivity contribution is 6.33. The van der Waals surface area contributed by atoms with E-state index in [1.165, 1.54) is 0 Å². The molecule has 0 bridgehead atoms. The smallest absolute Gasteiger partial charge is 0.255 e. The summed E-state index contributed by atoms with van der Waals surface area (Å²) in [5.41, 5.74) is 2.46. The number of benzene rings is 3. The van der Waals surface area contributed by atoms with Gasteiger partial charge >= 0.3 is 0 Å². The van der Waals surface area contributed by atoms with Crippen LogP contribution in [0.2, 0.25) is 10.0 Å². The summed E-state index contributed by atoms with van der Waals surface area (Å²) in [6.45, 7) is 4.23. The third-order valence-electron chi connectivity index (χ3n) is 9.37. The third-order valence-corrected chi connectivity index (χ3v) is 9.93. The number of piperidine rings is 1. The molecule has 234 valence electrons. The van der Waals surface area contributed by atoms with E-state index in [-0.39, 0.29) is 18.4 Å². The maximum Gasteiger partial charge on any atom is 0.255 e. The Labute approximate surface area is 273 Å². The van der Waals surface area contributed by atoms with Crippen molar-refractivity contribution in [2.45, 2.75) is 50.7 Å². The molecule has 0 aromatic heterocycles. The van der Waals surface area contributed by atoms with E-state index in [2.05, 4.69) is 10.8 Å². The first-order valence-electron chi connectivity index (χ1n) is 15.1. The zero-order chi connectivity index (χ0) is 31.9. The molecule has 3 aliphatic rings. The summed E-state index contributed by atoms with van der Waals surface area (Å²) in [5.74, 6) is 2.95. The van der Waals surface area contributed by atoms with Crippen LogP contribution in [0.3, 0.4) is 0 Å². The van der Waals surface area contributed by atoms with E-state index in [9.17, 15) is 14.4 Å². The lowest BCUT2D eigenvalue weighted by Crippen LogP contribution is -2.53. The number of rotatable bonds is 7. The monoisotopic (exact) mass is 647 g/mol. The highest BCUT2D eigenvalue weighted by Crippen LogP contribution is 2.50. The SMILES string of the molecule is COc1ccc(CN2C(=O)C(C)(c3cc(C(=O)N4CCCC(=C=O)[C@@H]4N4CCCC4)ccc3Cl)c3cc(Cl)ccc32)c(OC)c1. The Morgan fingerprint density at radius 2 is 1.73 bits per heavy atom. The quantitative estimate of drug-likeness (QED) is 0.281. The number of fused-ring (bicyclic) bond motifs is 1. The minimum atomic E-state index is -1.24. The molecule has 10 heteroatoms. The zero-order valence-corrected chi connectivity index (χ0v) is 27.1. The predicted molar refractivity (Wildman–Crippen MR) is 174 cm³/mol. The number of anilines is 1. The fraction of sp³-hybridized carbons (Fsp3) is 0.371. The average molecular weight is 649 g/mol. The average Bonchev–Trinajstić information content (AvgIpc) is 3.67. The van der Waals surface area contributed by atoms with E-state index in [0.29, 0.717) is 68.9 Å². The molecule has 0 aliphatic carbocycles. The van der Waals surface area contributed by atoms with E-state index in [4.69, 9.17) is 32.7 Å². The molecule has 0 saturated carbocycles. The number of ether oxygens (including phenoxy) is 2. The van der Waals surface area contributed by atoms with Crippen molar-refractivity contribution in [1.82, 2.24) is 9.80 Å². The van der Waals surface area contributed by atoms with Crippen molar-refractivity contribution >= 4 is 46.6 Å². The van der Waals surface area contributed by atoms with Crippen molar-refractivity contribution in [2.75, 3.05) is 38.8 Å². The van der Waals surface area contributed by atoms with E-state index < -0.39 is 11.6 Å². The van der Waals surface area contributed by atoms with Gasteiger partial charge in [0, 0.05) is 52.6 Å². The number of likely N-dealkylation sites (tertiary alicyclic amines) is 2. The van der Waals surface area contributed by atoms with Crippen molar-refractivity contribution in [3.63, 3.8) is 0 Å². The maximum atomic E-state index is 14.6. The summed E-state index contributed by atoms with van der Waals surface area (Å²) in [5, 5.41) is 0.843. The second kappa shape index (κ2) is 12.5. The van der Waals surface area contributed by atoms with Gasteiger partial charge in [0.1, 0.15) is 29.0 Å². The van der Waals surface area contributed by atoms with Crippen LogP contribution in [0.5, 0.6) is 11.5 Å². The summed E-state index contributed by atoms with van der Waals surface area (Å²) in [6, 6.07) is 16.0. The Balaban J connectivity index is 1.40. The highest BCUT2D eigenvalue weighted by atomic mass is 35.5. The van der Waals surface area contributed by atoms with Crippen molar-refractivity contribution in [2.24, 2.45) is 0 Å². The van der Waals surface area contributed by atoms with Gasteiger partial charge in [-0.2, -0.15) is 0 Å². The number of halogens is 2. The van der Waals surface area contributed by atoms with Gasteiger partial charge in [0.25, 0.3) is 5.91 Å². The molecule has 2 fully saturated rings. The summed E-state index contributed by atoms with van der Waals surface area (Å²) in [6.07, 6.45) is 2.95. The molecule has 3 aromatic rings. The van der Waals surface area contributed by atoms with Crippen LogP contribution in [0, 0.1) is 0 Å². The highest BCUT2D eigenvalue weighted by Gasteiger charge is 2.50. The molecule has 2 atom stereocenters. The van der Waals surface area contributed by atoms with E-state index in [1.54, 1.807) is 60.4 Å². The van der Waals surface area contributed by atoms with Crippen LogP contribution in [0.15, 0.2) is 60.2 Å². The van der Waals surface area contributed by atoms with Crippen LogP contribution in [-0.2, 0) is 21.5 Å². The molecule has 0 radical (unpaired) electrons. The lowest BCUT2D eigenvalue weighted by molar-refractivity contribution is -0.121. The van der Waals surface area contributed by atoms with Crippen LogP contribution in [0.25, 0.3) is 0 Å². The number of hydrogen-bond donors (Lipinski definition) is 0. The Kier molecular flexibility index (Phi) is 8.68. The van der Waals surface area contributed by atoms with E-state index in [0.717, 1.165) is 31.5 Å². The third kappa shape index (κ3) is 5.40. The maximum absolute atomic E-state index is 14.6. The fourth-order valence-corrected chi connectivity index (χ4v) is 7.49. The zero-order valence-electron chi connectivity index (χ0n) is 25.6. The molecule has 0 N–H and O–H groups in total. The van der Waals surface area contributed by atoms with Crippen LogP contribution in [0.1, 0.15) is 59.7 Å². The van der Waals surface area contributed by atoms with Crippen LogP contribution in [0.4, 0.5) is 5.69 Å². The van der Waals surface area contributed by atoms with Crippen LogP contribution in [-0.4, -0.2) is 67.6 Å². The van der Waals surface area contributed by atoms with Gasteiger partial charge in [-0.15, -0.1) is 0 Å². The second-order valence-electron chi connectivity index (χ2n) is 11.9. The van der Waals surface area contributed by atoms with Gasteiger partial charge in [-0.1, -0.05) is 23.2 Å². The molecule has 6 rings (SSSR count). The van der Waals surface area contributed by atoms with Gasteiger partial charge in [0.15, 0.2) is 0 Å². The molecule has 8 nitrogen and oxygen atoms in total. The molecule has 45 heavy (non-hydrogen) atoms. The minimum absolute atomic E-state index is 0.205. The van der Waals surface area contributed by atoms with Gasteiger partial charge < -0.3 is 19.3 Å². The lowest BCUT2D eigenvalue weighted by atomic mass is 9.76. The van der Waals surface area contributed by atoms with Gasteiger partial charge in [-0.25, -0.2) is 4.79 Å². The molecule has 3 aliphatic heterocycles. The Morgan fingerprint density at radius 3 is 2.44 bits per heavy atom. The molecule has 2 amide bonds. The largest absolute Gasteiger partial charge is 0.497 e. The van der Waals surface area contributed by atoms with Gasteiger partial charge in [0.05, 0.1) is 26.3 Å². The van der Waals surface area contributed by atoms with Crippen molar-refractivity contribution in [1.29, 1.82) is 0 Å². The first kappa shape index (κ1) is 31.2. The Bertz CT molecular complexity index is 1720. The Morgan fingerprint density at radius 1 is 0.956 bits per heavy atom. The molecule has 3 aromatic carbocycles. The van der Waals surface area contributed by atoms with Crippen molar-refractivity contribution in [3.8, 4) is 11.5 Å². The molecular weight excluding hydrogens is 613 g/mol. The molecule has 0 spiro atoms. The number of carbonyl (C=O) groups excluding carboxylic acids is 3. The number of methoxy groups -OCH3 is 2. The van der Waals surface area contributed by atoms with Gasteiger partial charge in [-0.05, 0) is 92.3 Å². The number of amides is 2. The molecule has 2 saturated heterocycles. The van der Waals surface area contributed by atoms with Gasteiger partial charge in [-0.3, -0.25) is 14.5 Å². The molecular formula is C35H35Cl2N3O5.